The number of benzene rings is 2. The van der Waals surface area contributed by atoms with Gasteiger partial charge in [-0.3, -0.25) is 4.79 Å². The summed E-state index contributed by atoms with van der Waals surface area (Å²) in [6.45, 7) is 0.0534. The number of fused-ring (bicyclic) bond motifs is 1. The standard InChI is InChI=1S/C19H19NO5/c1-20(14(19(22)23)11-13-7-3-2-4-8-13)18(21)17-12-24-15-9-5-6-10-16(15)25-17/h2-10,14,17H,11-12H2,1H3,(H,22,23)/t14-,17+/m0/s1. The summed E-state index contributed by atoms with van der Waals surface area (Å²) in [6.07, 6.45) is -0.639. The minimum absolute atomic E-state index is 0.0534. The van der Waals surface area contributed by atoms with E-state index in [9.17, 15) is 14.7 Å². The van der Waals surface area contributed by atoms with Crippen LogP contribution in [-0.4, -0.2) is 47.7 Å². The van der Waals surface area contributed by atoms with Crippen LogP contribution in [0.1, 0.15) is 5.56 Å². The number of hydrogen-bond donors (Lipinski definition) is 1. The molecule has 0 unspecified atom stereocenters. The average molecular weight is 341 g/mol. The Labute approximate surface area is 145 Å². The Bertz CT molecular complexity index is 761. The average Bonchev–Trinajstić information content (AvgIpc) is 2.65. The lowest BCUT2D eigenvalue weighted by molar-refractivity contribution is -0.153. The summed E-state index contributed by atoms with van der Waals surface area (Å²) in [4.78, 5) is 25.6. The van der Waals surface area contributed by atoms with Crippen molar-refractivity contribution in [3.8, 4) is 11.5 Å². The van der Waals surface area contributed by atoms with Crippen molar-refractivity contribution in [3.05, 3.63) is 60.2 Å². The molecule has 2 aromatic carbocycles. The highest BCUT2D eigenvalue weighted by atomic mass is 16.6. The third-order valence-electron chi connectivity index (χ3n) is 4.16. The first-order valence-corrected chi connectivity index (χ1v) is 7.98. The number of ether oxygens (including phenoxy) is 2. The van der Waals surface area contributed by atoms with Crippen molar-refractivity contribution in [2.75, 3.05) is 13.7 Å². The van der Waals surface area contributed by atoms with Gasteiger partial charge in [-0.2, -0.15) is 0 Å². The predicted molar refractivity (Wildman–Crippen MR) is 90.7 cm³/mol. The van der Waals surface area contributed by atoms with Gasteiger partial charge in [0.2, 0.25) is 6.10 Å². The SMILES string of the molecule is CN(C(=O)[C@H]1COc2ccccc2O1)[C@@H](Cc1ccccc1)C(=O)O. The number of likely N-dealkylation sites (N-methyl/N-ethyl adjacent to an activating group) is 1. The Hall–Kier alpha value is -3.02. The van der Waals surface area contributed by atoms with Gasteiger partial charge < -0.3 is 19.5 Å². The molecular formula is C19H19NO5. The lowest BCUT2D eigenvalue weighted by atomic mass is 10.0. The predicted octanol–water partition coefficient (Wildman–Crippen LogP) is 1.98. The van der Waals surface area contributed by atoms with Crippen molar-refractivity contribution in [3.63, 3.8) is 0 Å². The van der Waals surface area contributed by atoms with Crippen molar-refractivity contribution in [2.45, 2.75) is 18.6 Å². The van der Waals surface area contributed by atoms with Crippen molar-refractivity contribution in [2.24, 2.45) is 0 Å². The number of carbonyl (C=O) groups is 2. The molecular weight excluding hydrogens is 322 g/mol. The van der Waals surface area contributed by atoms with E-state index in [1.54, 1.807) is 18.2 Å². The Balaban J connectivity index is 1.73. The second kappa shape index (κ2) is 7.25. The van der Waals surface area contributed by atoms with E-state index in [1.807, 2.05) is 36.4 Å². The third kappa shape index (κ3) is 3.74. The van der Waals surface area contributed by atoms with Crippen LogP contribution < -0.4 is 9.47 Å². The summed E-state index contributed by atoms with van der Waals surface area (Å²) in [7, 11) is 1.48. The van der Waals surface area contributed by atoms with Crippen molar-refractivity contribution < 1.29 is 24.2 Å². The number of rotatable bonds is 5. The van der Waals surface area contributed by atoms with Gasteiger partial charge >= 0.3 is 5.97 Å². The quantitative estimate of drug-likeness (QED) is 0.900. The van der Waals surface area contributed by atoms with E-state index in [0.717, 1.165) is 5.56 Å². The summed E-state index contributed by atoms with van der Waals surface area (Å²) in [5.74, 6) is -0.418. The Morgan fingerprint density at radius 1 is 1.12 bits per heavy atom. The number of para-hydroxylation sites is 2. The van der Waals surface area contributed by atoms with Gasteiger partial charge in [-0.1, -0.05) is 42.5 Å². The normalized spacial score (nSPS) is 16.8. The summed E-state index contributed by atoms with van der Waals surface area (Å²) in [6, 6.07) is 15.3. The lowest BCUT2D eigenvalue weighted by Gasteiger charge is -2.31. The molecule has 130 valence electrons. The van der Waals surface area contributed by atoms with E-state index in [0.29, 0.717) is 11.5 Å². The summed E-state index contributed by atoms with van der Waals surface area (Å²) in [5, 5.41) is 9.54. The van der Waals surface area contributed by atoms with Gasteiger partial charge in [0, 0.05) is 13.5 Å². The highest BCUT2D eigenvalue weighted by Gasteiger charge is 2.35. The molecule has 2 aromatic rings. The van der Waals surface area contributed by atoms with Crippen LogP contribution in [0.4, 0.5) is 0 Å². The van der Waals surface area contributed by atoms with Gasteiger partial charge in [0.05, 0.1) is 0 Å². The molecule has 0 spiro atoms. The third-order valence-corrected chi connectivity index (χ3v) is 4.16. The van der Waals surface area contributed by atoms with Crippen LogP contribution in [0.15, 0.2) is 54.6 Å². The molecule has 2 atom stereocenters. The first-order chi connectivity index (χ1) is 12.1. The largest absolute Gasteiger partial charge is 0.485 e. The van der Waals surface area contributed by atoms with E-state index in [4.69, 9.17) is 9.47 Å². The second-order valence-electron chi connectivity index (χ2n) is 5.86. The van der Waals surface area contributed by atoms with E-state index < -0.39 is 24.0 Å². The topological polar surface area (TPSA) is 76.1 Å². The molecule has 0 radical (unpaired) electrons. The maximum Gasteiger partial charge on any atom is 0.326 e. The summed E-state index contributed by atoms with van der Waals surface area (Å²) >= 11 is 0. The molecule has 1 N–H and O–H groups in total. The fourth-order valence-corrected chi connectivity index (χ4v) is 2.75. The summed E-state index contributed by atoms with van der Waals surface area (Å²) in [5.41, 5.74) is 0.848. The molecule has 25 heavy (non-hydrogen) atoms. The lowest BCUT2D eigenvalue weighted by Crippen LogP contribution is -2.51. The fourth-order valence-electron chi connectivity index (χ4n) is 2.75. The van der Waals surface area contributed by atoms with Gasteiger partial charge in [0.1, 0.15) is 12.6 Å². The van der Waals surface area contributed by atoms with Crippen LogP contribution in [-0.2, 0) is 16.0 Å². The smallest absolute Gasteiger partial charge is 0.326 e. The van der Waals surface area contributed by atoms with Gasteiger partial charge in [0.25, 0.3) is 5.91 Å². The molecule has 0 aromatic heterocycles. The van der Waals surface area contributed by atoms with Crippen molar-refractivity contribution >= 4 is 11.9 Å². The molecule has 0 saturated carbocycles. The van der Waals surface area contributed by atoms with Crippen LogP contribution in [0, 0.1) is 0 Å². The first-order valence-electron chi connectivity index (χ1n) is 7.98. The fraction of sp³-hybridized carbons (Fsp3) is 0.263. The number of aliphatic carboxylic acids is 1. The van der Waals surface area contributed by atoms with E-state index >= 15 is 0 Å². The van der Waals surface area contributed by atoms with Crippen LogP contribution in [0.25, 0.3) is 0 Å². The molecule has 6 nitrogen and oxygen atoms in total. The van der Waals surface area contributed by atoms with E-state index in [1.165, 1.54) is 11.9 Å². The van der Waals surface area contributed by atoms with Crippen LogP contribution in [0.2, 0.25) is 0 Å². The van der Waals surface area contributed by atoms with Gasteiger partial charge in [-0.05, 0) is 17.7 Å². The zero-order valence-electron chi connectivity index (χ0n) is 13.8. The molecule has 0 fully saturated rings. The zero-order valence-corrected chi connectivity index (χ0v) is 13.8. The highest BCUT2D eigenvalue weighted by Crippen LogP contribution is 2.31. The molecule has 6 heteroatoms. The summed E-state index contributed by atoms with van der Waals surface area (Å²) < 4.78 is 11.2. The number of amides is 1. The highest BCUT2D eigenvalue weighted by molar-refractivity contribution is 5.87. The Kier molecular flexibility index (Phi) is 4.88. The second-order valence-corrected chi connectivity index (χ2v) is 5.86. The van der Waals surface area contributed by atoms with E-state index in [-0.39, 0.29) is 13.0 Å². The number of hydrogen-bond acceptors (Lipinski definition) is 4. The van der Waals surface area contributed by atoms with Crippen molar-refractivity contribution in [1.82, 2.24) is 4.90 Å². The number of carboxylic acids is 1. The Morgan fingerprint density at radius 2 is 1.76 bits per heavy atom. The maximum atomic E-state index is 12.7. The zero-order chi connectivity index (χ0) is 17.8. The van der Waals surface area contributed by atoms with E-state index in [2.05, 4.69) is 0 Å². The Morgan fingerprint density at radius 3 is 2.44 bits per heavy atom. The number of carboxylic acid groups (broad SMARTS) is 1. The molecule has 0 saturated heterocycles. The molecule has 0 aliphatic carbocycles. The van der Waals surface area contributed by atoms with Gasteiger partial charge in [-0.25, -0.2) is 4.79 Å². The van der Waals surface area contributed by atoms with Crippen LogP contribution >= 0.6 is 0 Å². The molecule has 0 bridgehead atoms. The minimum Gasteiger partial charge on any atom is -0.485 e. The molecule has 1 aliphatic heterocycles. The number of carbonyl (C=O) groups excluding carboxylic acids is 1. The van der Waals surface area contributed by atoms with Gasteiger partial charge in [0.15, 0.2) is 11.5 Å². The molecule has 3 rings (SSSR count). The molecule has 1 aliphatic rings. The first kappa shape index (κ1) is 16.8. The van der Waals surface area contributed by atoms with Crippen LogP contribution in [0.3, 0.4) is 0 Å². The maximum absolute atomic E-state index is 12.7. The molecule has 1 heterocycles. The minimum atomic E-state index is -1.06. The molecule has 1 amide bonds. The number of nitrogens with zero attached hydrogens (tertiary/aromatic N) is 1. The van der Waals surface area contributed by atoms with Crippen LogP contribution in [0.5, 0.6) is 11.5 Å². The monoisotopic (exact) mass is 341 g/mol. The van der Waals surface area contributed by atoms with Gasteiger partial charge in [-0.15, -0.1) is 0 Å². The van der Waals surface area contributed by atoms with Crippen molar-refractivity contribution in [1.29, 1.82) is 0 Å².